The van der Waals surface area contributed by atoms with Crippen LogP contribution in [0.1, 0.15) is 25.2 Å². The number of hydrogen-bond donors (Lipinski definition) is 1. The Bertz CT molecular complexity index is 763. The van der Waals surface area contributed by atoms with Crippen LogP contribution in [0, 0.1) is 0 Å². The van der Waals surface area contributed by atoms with E-state index in [1.807, 2.05) is 6.92 Å². The molecule has 0 spiro atoms. The molecule has 1 N–H and O–H groups in total. The first-order valence-corrected chi connectivity index (χ1v) is 7.07. The Hall–Kier alpha value is -1.50. The van der Waals surface area contributed by atoms with Gasteiger partial charge in [0.05, 0.1) is 0 Å². The second-order valence-electron chi connectivity index (χ2n) is 4.50. The van der Waals surface area contributed by atoms with Gasteiger partial charge in [0.25, 0.3) is 0 Å². The standard InChI is InChI=1S/C13H11ClN2O3S/c1-7-8(2)20-13(18,9-3-5-10(14)6-4-9)11-15-19-12(17)16(7)11/h3-6,18H,1-2H3/t13-/m0/s1. The molecule has 2 heterocycles. The monoisotopic (exact) mass is 310 g/mol. The van der Waals surface area contributed by atoms with Crippen LogP contribution in [-0.4, -0.2) is 14.8 Å². The summed E-state index contributed by atoms with van der Waals surface area (Å²) in [6.07, 6.45) is 0. The Kier molecular flexibility index (Phi) is 3.04. The maximum Gasteiger partial charge on any atom is 0.446 e. The van der Waals surface area contributed by atoms with Gasteiger partial charge in [-0.2, -0.15) is 0 Å². The molecule has 1 aliphatic heterocycles. The highest BCUT2D eigenvalue weighted by molar-refractivity contribution is 8.04. The van der Waals surface area contributed by atoms with Crippen molar-refractivity contribution in [3.05, 3.63) is 56.1 Å². The Labute approximate surface area is 123 Å². The molecule has 20 heavy (non-hydrogen) atoms. The number of aliphatic hydroxyl groups is 1. The molecule has 1 atom stereocenters. The van der Waals surface area contributed by atoms with Crippen LogP contribution >= 0.6 is 23.4 Å². The Morgan fingerprint density at radius 2 is 2.00 bits per heavy atom. The molecule has 0 bridgehead atoms. The van der Waals surface area contributed by atoms with E-state index in [1.54, 1.807) is 31.2 Å². The molecule has 7 heteroatoms. The highest BCUT2D eigenvalue weighted by atomic mass is 35.5. The third kappa shape index (κ3) is 1.83. The number of thioether (sulfide) groups is 1. The smallest absolute Gasteiger partial charge is 0.368 e. The van der Waals surface area contributed by atoms with Crippen molar-refractivity contribution in [3.63, 3.8) is 0 Å². The normalized spacial score (nSPS) is 22.0. The maximum absolute atomic E-state index is 11.8. The summed E-state index contributed by atoms with van der Waals surface area (Å²) in [5.74, 6) is -0.442. The minimum Gasteiger partial charge on any atom is -0.368 e. The van der Waals surface area contributed by atoms with Crippen LogP contribution in [0.4, 0.5) is 0 Å². The summed E-state index contributed by atoms with van der Waals surface area (Å²) in [7, 11) is 0. The van der Waals surface area contributed by atoms with E-state index in [4.69, 9.17) is 16.1 Å². The van der Waals surface area contributed by atoms with Crippen molar-refractivity contribution in [2.45, 2.75) is 18.8 Å². The van der Waals surface area contributed by atoms with Crippen molar-refractivity contribution in [1.29, 1.82) is 0 Å². The summed E-state index contributed by atoms with van der Waals surface area (Å²) >= 11 is 7.09. The first kappa shape index (κ1) is 13.5. The largest absolute Gasteiger partial charge is 0.446 e. The number of fused-ring (bicyclic) bond motifs is 1. The fourth-order valence-corrected chi connectivity index (χ4v) is 3.40. The molecule has 0 saturated carbocycles. The molecule has 5 nitrogen and oxygen atoms in total. The second-order valence-corrected chi connectivity index (χ2v) is 6.35. The van der Waals surface area contributed by atoms with Gasteiger partial charge in [-0.15, -0.1) is 0 Å². The summed E-state index contributed by atoms with van der Waals surface area (Å²) < 4.78 is 5.99. The van der Waals surface area contributed by atoms with Crippen LogP contribution in [0.25, 0.3) is 5.70 Å². The van der Waals surface area contributed by atoms with E-state index < -0.39 is 10.7 Å². The van der Waals surface area contributed by atoms with E-state index in [9.17, 15) is 9.90 Å². The van der Waals surface area contributed by atoms with Crippen molar-refractivity contribution in [2.75, 3.05) is 0 Å². The highest BCUT2D eigenvalue weighted by Gasteiger charge is 2.43. The van der Waals surface area contributed by atoms with Gasteiger partial charge in [0, 0.05) is 21.2 Å². The zero-order valence-electron chi connectivity index (χ0n) is 10.8. The van der Waals surface area contributed by atoms with Crippen LogP contribution in [0.3, 0.4) is 0 Å². The lowest BCUT2D eigenvalue weighted by Crippen LogP contribution is -2.33. The van der Waals surface area contributed by atoms with Gasteiger partial charge in [0.15, 0.2) is 0 Å². The van der Waals surface area contributed by atoms with E-state index in [1.165, 1.54) is 16.3 Å². The van der Waals surface area contributed by atoms with E-state index in [2.05, 4.69) is 5.16 Å². The van der Waals surface area contributed by atoms with Crippen molar-refractivity contribution in [1.82, 2.24) is 9.72 Å². The predicted molar refractivity (Wildman–Crippen MR) is 77.4 cm³/mol. The number of benzene rings is 1. The number of rotatable bonds is 1. The maximum atomic E-state index is 11.8. The molecule has 0 unspecified atom stereocenters. The molecule has 3 rings (SSSR count). The quantitative estimate of drug-likeness (QED) is 0.877. The van der Waals surface area contributed by atoms with Gasteiger partial charge in [-0.05, 0) is 26.0 Å². The molecule has 0 saturated heterocycles. The lowest BCUT2D eigenvalue weighted by Gasteiger charge is -2.31. The highest BCUT2D eigenvalue weighted by Crippen LogP contribution is 2.48. The molecule has 0 aliphatic carbocycles. The predicted octanol–water partition coefficient (Wildman–Crippen LogP) is 2.64. The fourth-order valence-electron chi connectivity index (χ4n) is 2.12. The fraction of sp³-hybridized carbons (Fsp3) is 0.231. The van der Waals surface area contributed by atoms with E-state index in [-0.39, 0.29) is 5.82 Å². The summed E-state index contributed by atoms with van der Waals surface area (Å²) in [6, 6.07) is 6.76. The van der Waals surface area contributed by atoms with Crippen LogP contribution < -0.4 is 5.76 Å². The number of halogens is 1. The summed E-state index contributed by atoms with van der Waals surface area (Å²) in [5.41, 5.74) is 1.29. The Morgan fingerprint density at radius 3 is 2.65 bits per heavy atom. The zero-order valence-corrected chi connectivity index (χ0v) is 12.3. The number of aromatic nitrogens is 2. The van der Waals surface area contributed by atoms with Gasteiger partial charge < -0.3 is 5.11 Å². The van der Waals surface area contributed by atoms with Gasteiger partial charge in [-0.1, -0.05) is 40.7 Å². The second kappa shape index (κ2) is 4.51. The summed E-state index contributed by atoms with van der Waals surface area (Å²) in [5, 5.41) is 15.3. The van der Waals surface area contributed by atoms with Crippen LogP contribution in [0.5, 0.6) is 0 Å². The SMILES string of the molecule is CC1=C(C)n2c(noc2=O)[C@](O)(c2ccc(Cl)cc2)S1. The van der Waals surface area contributed by atoms with Gasteiger partial charge in [-0.3, -0.25) is 4.52 Å². The molecule has 0 amide bonds. The van der Waals surface area contributed by atoms with Crippen molar-refractivity contribution in [2.24, 2.45) is 0 Å². The van der Waals surface area contributed by atoms with Gasteiger partial charge in [0.1, 0.15) is 0 Å². The molecule has 0 radical (unpaired) electrons. The average Bonchev–Trinajstić information content (AvgIpc) is 2.80. The van der Waals surface area contributed by atoms with E-state index >= 15 is 0 Å². The molecular weight excluding hydrogens is 300 g/mol. The summed E-state index contributed by atoms with van der Waals surface area (Å²) in [6.45, 7) is 3.62. The molecule has 0 fully saturated rings. The molecule has 1 aliphatic rings. The lowest BCUT2D eigenvalue weighted by molar-refractivity contribution is 0.164. The van der Waals surface area contributed by atoms with Gasteiger partial charge >= 0.3 is 5.76 Å². The minimum atomic E-state index is -1.47. The minimum absolute atomic E-state index is 0.165. The van der Waals surface area contributed by atoms with Crippen LogP contribution in [0.15, 0.2) is 38.5 Å². The molecule has 1 aromatic carbocycles. The lowest BCUT2D eigenvalue weighted by atomic mass is 10.1. The van der Waals surface area contributed by atoms with Crippen LogP contribution in [0.2, 0.25) is 5.02 Å². The van der Waals surface area contributed by atoms with Gasteiger partial charge in [-0.25, -0.2) is 9.36 Å². The van der Waals surface area contributed by atoms with Crippen molar-refractivity contribution >= 4 is 29.1 Å². The van der Waals surface area contributed by atoms with Crippen LogP contribution in [-0.2, 0) is 4.93 Å². The van der Waals surface area contributed by atoms with Crippen molar-refractivity contribution in [3.8, 4) is 0 Å². The Balaban J connectivity index is 2.25. The molecular formula is C13H11ClN2O3S. The Morgan fingerprint density at radius 1 is 1.35 bits per heavy atom. The summed E-state index contributed by atoms with van der Waals surface area (Å²) in [4.78, 5) is 11.1. The number of hydrogen-bond acceptors (Lipinski definition) is 5. The average molecular weight is 311 g/mol. The van der Waals surface area contributed by atoms with Crippen molar-refractivity contribution < 1.29 is 9.63 Å². The molecule has 2 aromatic rings. The van der Waals surface area contributed by atoms with Gasteiger partial charge in [0.2, 0.25) is 10.8 Å². The molecule has 104 valence electrons. The number of nitrogens with zero attached hydrogens (tertiary/aromatic N) is 2. The van der Waals surface area contributed by atoms with E-state index in [0.717, 1.165) is 4.91 Å². The molecule has 1 aromatic heterocycles. The van der Waals surface area contributed by atoms with E-state index in [0.29, 0.717) is 16.3 Å². The third-order valence-corrected chi connectivity index (χ3v) is 4.86. The third-order valence-electron chi connectivity index (χ3n) is 3.29. The topological polar surface area (TPSA) is 68.3 Å². The first-order chi connectivity index (χ1) is 9.43. The first-order valence-electron chi connectivity index (χ1n) is 5.88. The number of allylic oxidation sites excluding steroid dienone is 2. The zero-order chi connectivity index (χ0) is 14.5.